The monoisotopic (exact) mass is 521 g/mol. The number of hydrogen-bond donors (Lipinski definition) is 1. The number of piperidine rings is 1. The molecule has 0 radical (unpaired) electrons. The lowest BCUT2D eigenvalue weighted by molar-refractivity contribution is 0.184. The van der Waals surface area contributed by atoms with Crippen LogP contribution in [0.15, 0.2) is 23.2 Å². The molecule has 0 aliphatic carbocycles. The highest BCUT2D eigenvalue weighted by molar-refractivity contribution is 14.0. The van der Waals surface area contributed by atoms with Crippen molar-refractivity contribution in [2.75, 3.05) is 64.3 Å². The van der Waals surface area contributed by atoms with Gasteiger partial charge in [-0.15, -0.1) is 24.0 Å². The zero-order valence-electron chi connectivity index (χ0n) is 17.5. The number of aliphatic imine (C=N–C) groups is 1. The topological polar surface area (TPSA) is 34.1 Å². The normalized spacial score (nSPS) is 19.2. The molecule has 2 heterocycles. The maximum Gasteiger partial charge on any atom is 0.193 e. The molecule has 3 rings (SSSR count). The Kier molecular flexibility index (Phi) is 9.88. The molecule has 2 saturated heterocycles. The third-order valence-electron chi connectivity index (χ3n) is 5.84. The SMILES string of the molecule is CCCN1CCC(CNC(=NC)N2CCN(c3cc(F)ccc3F)CC2)CC1.I. The van der Waals surface area contributed by atoms with Gasteiger partial charge in [0.05, 0.1) is 5.69 Å². The van der Waals surface area contributed by atoms with Gasteiger partial charge in [-0.05, 0) is 56.9 Å². The molecule has 0 bridgehead atoms. The molecule has 2 fully saturated rings. The molecule has 0 atom stereocenters. The first kappa shape index (κ1) is 24.1. The molecule has 2 aliphatic heterocycles. The number of rotatable bonds is 5. The molecular weight excluding hydrogens is 487 g/mol. The van der Waals surface area contributed by atoms with E-state index in [9.17, 15) is 8.78 Å². The molecule has 0 aromatic heterocycles. The van der Waals surface area contributed by atoms with Crippen LogP contribution < -0.4 is 10.2 Å². The summed E-state index contributed by atoms with van der Waals surface area (Å²) in [6.45, 7) is 9.55. The molecular formula is C21H34F2IN5. The highest BCUT2D eigenvalue weighted by atomic mass is 127. The summed E-state index contributed by atoms with van der Waals surface area (Å²) in [7, 11) is 1.81. The zero-order chi connectivity index (χ0) is 19.9. The Morgan fingerprint density at radius 1 is 1.10 bits per heavy atom. The van der Waals surface area contributed by atoms with Gasteiger partial charge >= 0.3 is 0 Å². The standard InChI is InChI=1S/C21H33F2N5.HI/c1-3-8-26-9-6-17(7-10-26)16-25-21(24-2)28-13-11-27(12-14-28)20-15-18(22)4-5-19(20)23;/h4-5,15,17H,3,6-14,16H2,1-2H3,(H,24,25);1H. The highest BCUT2D eigenvalue weighted by Crippen LogP contribution is 2.22. The Morgan fingerprint density at radius 2 is 1.79 bits per heavy atom. The summed E-state index contributed by atoms with van der Waals surface area (Å²) in [6, 6.07) is 3.64. The summed E-state index contributed by atoms with van der Waals surface area (Å²) < 4.78 is 27.5. The van der Waals surface area contributed by atoms with Crippen molar-refractivity contribution in [1.82, 2.24) is 15.1 Å². The first-order valence-electron chi connectivity index (χ1n) is 10.5. The van der Waals surface area contributed by atoms with Crippen LogP contribution in [0.1, 0.15) is 26.2 Å². The van der Waals surface area contributed by atoms with Crippen LogP contribution in [-0.2, 0) is 0 Å². The Hall–Kier alpha value is -1.16. The second kappa shape index (κ2) is 11.9. The third kappa shape index (κ3) is 6.67. The number of anilines is 1. The number of benzene rings is 1. The second-order valence-corrected chi connectivity index (χ2v) is 7.78. The van der Waals surface area contributed by atoms with Crippen LogP contribution >= 0.6 is 24.0 Å². The average molecular weight is 521 g/mol. The van der Waals surface area contributed by atoms with Crippen LogP contribution in [0.4, 0.5) is 14.5 Å². The average Bonchev–Trinajstić information content (AvgIpc) is 2.72. The minimum atomic E-state index is -0.402. The fourth-order valence-electron chi connectivity index (χ4n) is 4.19. The molecule has 1 aromatic rings. The van der Waals surface area contributed by atoms with Crippen LogP contribution in [0.25, 0.3) is 0 Å². The predicted molar refractivity (Wildman–Crippen MR) is 126 cm³/mol. The fraction of sp³-hybridized carbons (Fsp3) is 0.667. The molecule has 1 aromatic carbocycles. The van der Waals surface area contributed by atoms with E-state index in [1.165, 1.54) is 51.0 Å². The zero-order valence-corrected chi connectivity index (χ0v) is 19.9. The van der Waals surface area contributed by atoms with Gasteiger partial charge in [0, 0.05) is 45.8 Å². The molecule has 0 saturated carbocycles. The number of guanidine groups is 1. The van der Waals surface area contributed by atoms with Crippen molar-refractivity contribution in [2.24, 2.45) is 10.9 Å². The van der Waals surface area contributed by atoms with Crippen LogP contribution in [0.5, 0.6) is 0 Å². The molecule has 0 amide bonds. The summed E-state index contributed by atoms with van der Waals surface area (Å²) >= 11 is 0. The highest BCUT2D eigenvalue weighted by Gasteiger charge is 2.23. The summed E-state index contributed by atoms with van der Waals surface area (Å²) in [4.78, 5) is 11.1. The predicted octanol–water partition coefficient (Wildman–Crippen LogP) is 3.40. The molecule has 5 nitrogen and oxygen atoms in total. The van der Waals surface area contributed by atoms with Gasteiger partial charge < -0.3 is 20.0 Å². The molecule has 0 spiro atoms. The minimum absolute atomic E-state index is 0. The first-order valence-corrected chi connectivity index (χ1v) is 10.5. The van der Waals surface area contributed by atoms with Gasteiger partial charge in [0.2, 0.25) is 0 Å². The number of hydrogen-bond acceptors (Lipinski definition) is 3. The minimum Gasteiger partial charge on any atom is -0.366 e. The van der Waals surface area contributed by atoms with Gasteiger partial charge in [0.15, 0.2) is 5.96 Å². The second-order valence-electron chi connectivity index (χ2n) is 7.78. The van der Waals surface area contributed by atoms with Crippen molar-refractivity contribution in [3.05, 3.63) is 29.8 Å². The lowest BCUT2D eigenvalue weighted by atomic mass is 9.97. The van der Waals surface area contributed by atoms with Crippen LogP contribution in [0, 0.1) is 17.6 Å². The van der Waals surface area contributed by atoms with Crippen molar-refractivity contribution in [1.29, 1.82) is 0 Å². The maximum absolute atomic E-state index is 14.0. The Balaban J connectivity index is 0.00000300. The van der Waals surface area contributed by atoms with Crippen LogP contribution in [0.2, 0.25) is 0 Å². The Labute approximate surface area is 190 Å². The van der Waals surface area contributed by atoms with Crippen molar-refractivity contribution in [2.45, 2.75) is 26.2 Å². The number of nitrogens with zero attached hydrogens (tertiary/aromatic N) is 4. The van der Waals surface area contributed by atoms with E-state index in [0.717, 1.165) is 31.7 Å². The van der Waals surface area contributed by atoms with E-state index in [0.29, 0.717) is 24.7 Å². The van der Waals surface area contributed by atoms with E-state index in [2.05, 4.69) is 27.0 Å². The van der Waals surface area contributed by atoms with Crippen molar-refractivity contribution in [3.8, 4) is 0 Å². The van der Waals surface area contributed by atoms with E-state index in [4.69, 9.17) is 0 Å². The number of nitrogens with one attached hydrogen (secondary N) is 1. The summed E-state index contributed by atoms with van der Waals surface area (Å²) in [5, 5.41) is 3.54. The van der Waals surface area contributed by atoms with Gasteiger partial charge in [-0.1, -0.05) is 6.92 Å². The van der Waals surface area contributed by atoms with E-state index in [-0.39, 0.29) is 29.8 Å². The van der Waals surface area contributed by atoms with E-state index in [1.807, 2.05) is 11.9 Å². The lowest BCUT2D eigenvalue weighted by Crippen LogP contribution is -2.53. The Morgan fingerprint density at radius 3 is 2.41 bits per heavy atom. The van der Waals surface area contributed by atoms with Gasteiger partial charge in [0.25, 0.3) is 0 Å². The molecule has 1 N–H and O–H groups in total. The largest absolute Gasteiger partial charge is 0.366 e. The van der Waals surface area contributed by atoms with E-state index >= 15 is 0 Å². The molecule has 164 valence electrons. The van der Waals surface area contributed by atoms with Gasteiger partial charge in [0.1, 0.15) is 11.6 Å². The fourth-order valence-corrected chi connectivity index (χ4v) is 4.19. The third-order valence-corrected chi connectivity index (χ3v) is 5.84. The number of piperazine rings is 1. The summed E-state index contributed by atoms with van der Waals surface area (Å²) in [6.07, 6.45) is 3.69. The molecule has 0 unspecified atom stereocenters. The van der Waals surface area contributed by atoms with Gasteiger partial charge in [-0.25, -0.2) is 8.78 Å². The summed E-state index contributed by atoms with van der Waals surface area (Å²) in [5.74, 6) is 0.830. The number of halogens is 3. The first-order chi connectivity index (χ1) is 13.6. The maximum atomic E-state index is 14.0. The lowest BCUT2D eigenvalue weighted by Gasteiger charge is -2.38. The molecule has 29 heavy (non-hydrogen) atoms. The van der Waals surface area contributed by atoms with Crippen LogP contribution in [0.3, 0.4) is 0 Å². The summed E-state index contributed by atoms with van der Waals surface area (Å²) in [5.41, 5.74) is 0.349. The van der Waals surface area contributed by atoms with Crippen molar-refractivity contribution in [3.63, 3.8) is 0 Å². The van der Waals surface area contributed by atoms with Crippen LogP contribution in [-0.4, -0.2) is 75.2 Å². The smallest absolute Gasteiger partial charge is 0.193 e. The number of likely N-dealkylation sites (tertiary alicyclic amines) is 1. The van der Waals surface area contributed by atoms with Gasteiger partial charge in [-0.2, -0.15) is 0 Å². The van der Waals surface area contributed by atoms with Gasteiger partial charge in [-0.3, -0.25) is 4.99 Å². The van der Waals surface area contributed by atoms with E-state index in [1.54, 1.807) is 0 Å². The quantitative estimate of drug-likeness (QED) is 0.366. The molecule has 2 aliphatic rings. The van der Waals surface area contributed by atoms with Crippen molar-refractivity contribution >= 4 is 35.6 Å². The molecule has 8 heteroatoms. The Bertz CT molecular complexity index is 656. The van der Waals surface area contributed by atoms with Crippen molar-refractivity contribution < 1.29 is 8.78 Å². The van der Waals surface area contributed by atoms with E-state index < -0.39 is 5.82 Å².